The van der Waals surface area contributed by atoms with Gasteiger partial charge in [-0.15, -0.1) is 0 Å². The molecule has 1 aliphatic rings. The van der Waals surface area contributed by atoms with Crippen LogP contribution in [0.4, 0.5) is 5.69 Å². The van der Waals surface area contributed by atoms with Gasteiger partial charge in [-0.25, -0.2) is 4.99 Å². The van der Waals surface area contributed by atoms with Crippen molar-refractivity contribution in [3.63, 3.8) is 0 Å². The number of rotatable bonds is 3. The number of furan rings is 1. The van der Waals surface area contributed by atoms with Crippen LogP contribution in [0.15, 0.2) is 75.0 Å². The summed E-state index contributed by atoms with van der Waals surface area (Å²) in [4.78, 5) is 17.1. The van der Waals surface area contributed by atoms with Gasteiger partial charge in [-0.05, 0) is 60.3 Å². The van der Waals surface area contributed by atoms with Gasteiger partial charge in [0, 0.05) is 16.7 Å². The van der Waals surface area contributed by atoms with E-state index >= 15 is 0 Å². The van der Waals surface area contributed by atoms with E-state index in [0.717, 1.165) is 5.56 Å². The van der Waals surface area contributed by atoms with Crippen LogP contribution in [0, 0.1) is 0 Å². The summed E-state index contributed by atoms with van der Waals surface area (Å²) in [5.74, 6) is 1.05. The number of hydrogen-bond donors (Lipinski definition) is 1. The molecule has 0 unspecified atom stereocenters. The molecule has 1 aromatic heterocycles. The van der Waals surface area contributed by atoms with Crippen molar-refractivity contribution in [3.8, 4) is 11.3 Å². The van der Waals surface area contributed by atoms with Crippen molar-refractivity contribution in [2.45, 2.75) is 0 Å². The van der Waals surface area contributed by atoms with Gasteiger partial charge >= 0.3 is 0 Å². The minimum atomic E-state index is -0.227. The van der Waals surface area contributed by atoms with Gasteiger partial charge in [0.05, 0.1) is 15.6 Å². The Kier molecular flexibility index (Phi) is 5.07. The highest BCUT2D eigenvalue weighted by Crippen LogP contribution is 2.32. The van der Waals surface area contributed by atoms with Gasteiger partial charge in [-0.3, -0.25) is 4.79 Å². The van der Waals surface area contributed by atoms with Crippen molar-refractivity contribution >= 4 is 57.8 Å². The third kappa shape index (κ3) is 4.11. The van der Waals surface area contributed by atoms with Crippen molar-refractivity contribution in [2.75, 3.05) is 0 Å². The Balaban J connectivity index is 1.55. The number of carbonyl (C=O) groups is 1. The van der Waals surface area contributed by atoms with Crippen LogP contribution in [0.2, 0.25) is 10.0 Å². The Morgan fingerprint density at radius 1 is 1.00 bits per heavy atom. The Morgan fingerprint density at radius 3 is 2.56 bits per heavy atom. The highest BCUT2D eigenvalue weighted by atomic mass is 35.5. The predicted molar refractivity (Wildman–Crippen MR) is 111 cm³/mol. The normalized spacial score (nSPS) is 16.9. The Hall–Kier alpha value is -2.47. The van der Waals surface area contributed by atoms with Crippen LogP contribution in [0.1, 0.15) is 5.76 Å². The van der Waals surface area contributed by atoms with E-state index in [4.69, 9.17) is 27.6 Å². The molecule has 4 rings (SSSR count). The Labute approximate surface area is 169 Å². The number of amides is 1. The number of benzene rings is 2. The molecule has 1 aliphatic heterocycles. The van der Waals surface area contributed by atoms with Gasteiger partial charge in [0.15, 0.2) is 5.17 Å². The van der Waals surface area contributed by atoms with Gasteiger partial charge in [0.1, 0.15) is 11.5 Å². The van der Waals surface area contributed by atoms with Gasteiger partial charge in [-0.2, -0.15) is 0 Å². The number of para-hydroxylation sites is 1. The summed E-state index contributed by atoms with van der Waals surface area (Å²) in [7, 11) is 0. The summed E-state index contributed by atoms with van der Waals surface area (Å²) >= 11 is 13.3. The van der Waals surface area contributed by atoms with E-state index < -0.39 is 0 Å². The molecule has 2 heterocycles. The van der Waals surface area contributed by atoms with E-state index in [2.05, 4.69) is 10.3 Å². The lowest BCUT2D eigenvalue weighted by molar-refractivity contribution is -0.115. The van der Waals surface area contributed by atoms with Crippen molar-refractivity contribution in [3.05, 3.63) is 81.4 Å². The lowest BCUT2D eigenvalue weighted by Gasteiger charge is -1.98. The zero-order valence-corrected chi connectivity index (χ0v) is 16.1. The van der Waals surface area contributed by atoms with Gasteiger partial charge < -0.3 is 9.73 Å². The van der Waals surface area contributed by atoms with Crippen molar-refractivity contribution in [1.29, 1.82) is 0 Å². The lowest BCUT2D eigenvalue weighted by atomic mass is 10.2. The first-order chi connectivity index (χ1) is 13.1. The number of halogens is 2. The number of aliphatic imine (C=N–C) groups is 1. The summed E-state index contributed by atoms with van der Waals surface area (Å²) in [6.07, 6.45) is 1.69. The first kappa shape index (κ1) is 17.9. The van der Waals surface area contributed by atoms with E-state index in [1.165, 1.54) is 11.8 Å². The second-order valence-corrected chi connectivity index (χ2v) is 7.52. The van der Waals surface area contributed by atoms with Crippen molar-refractivity contribution in [2.24, 2.45) is 4.99 Å². The maximum atomic E-state index is 12.2. The predicted octanol–water partition coefficient (Wildman–Crippen LogP) is 6.15. The van der Waals surface area contributed by atoms with E-state index in [1.54, 1.807) is 30.3 Å². The SMILES string of the molecule is O=C1NC(=Nc2ccccc2Cl)SC1=Cc1ccc(-c2ccc(Cl)cc2)o1. The average molecular weight is 415 g/mol. The van der Waals surface area contributed by atoms with E-state index in [9.17, 15) is 4.79 Å². The maximum Gasteiger partial charge on any atom is 0.264 e. The molecule has 1 fully saturated rings. The monoisotopic (exact) mass is 414 g/mol. The van der Waals surface area contributed by atoms with Crippen LogP contribution < -0.4 is 5.32 Å². The molecule has 0 aliphatic carbocycles. The van der Waals surface area contributed by atoms with Crippen LogP contribution in [0.25, 0.3) is 17.4 Å². The summed E-state index contributed by atoms with van der Waals surface area (Å²) in [6, 6.07) is 18.2. The van der Waals surface area contributed by atoms with E-state index in [0.29, 0.717) is 37.3 Å². The molecule has 0 bridgehead atoms. The Morgan fingerprint density at radius 2 is 1.78 bits per heavy atom. The van der Waals surface area contributed by atoms with Crippen molar-refractivity contribution in [1.82, 2.24) is 5.32 Å². The number of carbonyl (C=O) groups excluding carboxylic acids is 1. The fraction of sp³-hybridized carbons (Fsp3) is 0. The minimum Gasteiger partial charge on any atom is -0.457 e. The lowest BCUT2D eigenvalue weighted by Crippen LogP contribution is -2.19. The molecule has 1 saturated heterocycles. The molecular weight excluding hydrogens is 403 g/mol. The van der Waals surface area contributed by atoms with E-state index in [1.807, 2.05) is 36.4 Å². The molecule has 4 nitrogen and oxygen atoms in total. The molecule has 0 spiro atoms. The van der Waals surface area contributed by atoms with Gasteiger partial charge in [-0.1, -0.05) is 35.3 Å². The summed E-state index contributed by atoms with van der Waals surface area (Å²) in [5, 5.41) is 4.40. The standard InChI is InChI=1S/C20H12Cl2N2O2S/c21-13-7-5-12(6-8-13)17-10-9-14(26-17)11-18-19(25)24-20(27-18)23-16-4-2-1-3-15(16)22/h1-11H,(H,23,24,25). The molecule has 3 aromatic rings. The van der Waals surface area contributed by atoms with E-state index in [-0.39, 0.29) is 5.91 Å². The fourth-order valence-corrected chi connectivity index (χ4v) is 3.58. The first-order valence-corrected chi connectivity index (χ1v) is 9.55. The minimum absolute atomic E-state index is 0.227. The van der Waals surface area contributed by atoms with Crippen LogP contribution in [0.3, 0.4) is 0 Å². The van der Waals surface area contributed by atoms with Crippen molar-refractivity contribution < 1.29 is 9.21 Å². The van der Waals surface area contributed by atoms with Gasteiger partial charge in [0.25, 0.3) is 5.91 Å². The number of hydrogen-bond acceptors (Lipinski definition) is 4. The summed E-state index contributed by atoms with van der Waals surface area (Å²) in [6.45, 7) is 0. The highest BCUT2D eigenvalue weighted by molar-refractivity contribution is 8.18. The summed E-state index contributed by atoms with van der Waals surface area (Å²) in [5.41, 5.74) is 1.51. The molecule has 7 heteroatoms. The van der Waals surface area contributed by atoms with Crippen LogP contribution in [-0.2, 0) is 4.79 Å². The molecule has 1 N–H and O–H groups in total. The molecule has 134 valence electrons. The Bertz CT molecular complexity index is 1070. The average Bonchev–Trinajstić information content (AvgIpc) is 3.25. The third-order valence-corrected chi connectivity index (χ3v) is 5.24. The van der Waals surface area contributed by atoms with Gasteiger partial charge in [0.2, 0.25) is 0 Å². The maximum absolute atomic E-state index is 12.2. The largest absolute Gasteiger partial charge is 0.457 e. The highest BCUT2D eigenvalue weighted by Gasteiger charge is 2.24. The number of nitrogens with zero attached hydrogens (tertiary/aromatic N) is 1. The molecule has 0 saturated carbocycles. The quantitative estimate of drug-likeness (QED) is 0.523. The number of nitrogens with one attached hydrogen (secondary N) is 1. The molecule has 1 amide bonds. The second-order valence-electron chi connectivity index (χ2n) is 5.64. The fourth-order valence-electron chi connectivity index (χ4n) is 2.46. The van der Waals surface area contributed by atoms with Crippen LogP contribution in [0.5, 0.6) is 0 Å². The summed E-state index contributed by atoms with van der Waals surface area (Å²) < 4.78 is 5.82. The number of thioether (sulfide) groups is 1. The molecule has 2 aromatic carbocycles. The zero-order valence-electron chi connectivity index (χ0n) is 13.8. The van der Waals surface area contributed by atoms with Crippen LogP contribution >= 0.6 is 35.0 Å². The second kappa shape index (κ2) is 7.64. The zero-order chi connectivity index (χ0) is 18.8. The first-order valence-electron chi connectivity index (χ1n) is 7.98. The molecule has 0 atom stereocenters. The molecule has 0 radical (unpaired) electrons. The molecule has 27 heavy (non-hydrogen) atoms. The molecular formula is C20H12Cl2N2O2S. The number of amidine groups is 1. The topological polar surface area (TPSA) is 54.6 Å². The smallest absolute Gasteiger partial charge is 0.264 e. The third-order valence-electron chi connectivity index (χ3n) is 3.75. The van der Waals surface area contributed by atoms with Crippen LogP contribution in [-0.4, -0.2) is 11.1 Å².